The maximum Gasteiger partial charge on any atom is 0.290 e. The Morgan fingerprint density at radius 3 is 2.61 bits per heavy atom. The summed E-state index contributed by atoms with van der Waals surface area (Å²) in [6.45, 7) is 3.86. The molecule has 1 fully saturated rings. The molecule has 3 aromatic rings. The zero-order valence-electron chi connectivity index (χ0n) is 20.4. The SMILES string of the molecule is COc1cc(Cl)cc2cc(C(=O)C3=C(O)C(=O)N(C4CCCC4)C3c3cccc(OC(C)C)c3)oc12. The molecule has 0 radical (unpaired) electrons. The number of methoxy groups -OCH3 is 1. The van der Waals surface area contributed by atoms with Crippen molar-refractivity contribution in [3.63, 3.8) is 0 Å². The topological polar surface area (TPSA) is 89.2 Å². The lowest BCUT2D eigenvalue weighted by Crippen LogP contribution is -2.38. The Morgan fingerprint density at radius 2 is 1.92 bits per heavy atom. The van der Waals surface area contributed by atoms with Crippen LogP contribution in [0.2, 0.25) is 5.02 Å². The molecule has 0 spiro atoms. The Bertz CT molecular complexity index is 1370. The number of Topliss-reactive ketones (excluding diaryl/α,β-unsaturated/α-hetero) is 1. The molecule has 1 saturated carbocycles. The van der Waals surface area contributed by atoms with E-state index in [1.165, 1.54) is 7.11 Å². The lowest BCUT2D eigenvalue weighted by Gasteiger charge is -2.32. The fraction of sp³-hybridized carbons (Fsp3) is 0.357. The molecule has 1 aromatic heterocycles. The molecule has 0 bridgehead atoms. The third-order valence-corrected chi connectivity index (χ3v) is 6.96. The minimum atomic E-state index is -0.762. The highest BCUT2D eigenvalue weighted by Gasteiger charge is 2.47. The quantitative estimate of drug-likeness (QED) is 0.370. The van der Waals surface area contributed by atoms with Crippen LogP contribution in [0.15, 0.2) is 58.2 Å². The Labute approximate surface area is 214 Å². The predicted octanol–water partition coefficient (Wildman–Crippen LogP) is 6.40. The van der Waals surface area contributed by atoms with Crippen molar-refractivity contribution < 1.29 is 28.6 Å². The number of aliphatic hydroxyl groups excluding tert-OH is 1. The number of ether oxygens (including phenoxy) is 2. The second kappa shape index (κ2) is 9.54. The summed E-state index contributed by atoms with van der Waals surface area (Å²) < 4.78 is 17.1. The Kier molecular flexibility index (Phi) is 6.43. The summed E-state index contributed by atoms with van der Waals surface area (Å²) in [5.41, 5.74) is 1.06. The van der Waals surface area contributed by atoms with Crippen LogP contribution in [0.25, 0.3) is 11.0 Å². The number of hydrogen-bond acceptors (Lipinski definition) is 6. The van der Waals surface area contributed by atoms with Gasteiger partial charge in [0.25, 0.3) is 5.91 Å². The number of furan rings is 1. The lowest BCUT2D eigenvalue weighted by molar-refractivity contribution is -0.131. The molecule has 188 valence electrons. The summed E-state index contributed by atoms with van der Waals surface area (Å²) in [7, 11) is 1.49. The Balaban J connectivity index is 1.62. The summed E-state index contributed by atoms with van der Waals surface area (Å²) in [6, 6.07) is 11.3. The zero-order valence-corrected chi connectivity index (χ0v) is 21.2. The van der Waals surface area contributed by atoms with Crippen LogP contribution >= 0.6 is 11.6 Å². The highest BCUT2D eigenvalue weighted by molar-refractivity contribution is 6.31. The molecule has 0 saturated heterocycles. The van der Waals surface area contributed by atoms with Gasteiger partial charge < -0.3 is 23.9 Å². The number of aliphatic hydroxyl groups is 1. The van der Waals surface area contributed by atoms with E-state index in [-0.39, 0.29) is 23.5 Å². The van der Waals surface area contributed by atoms with E-state index in [9.17, 15) is 14.7 Å². The summed E-state index contributed by atoms with van der Waals surface area (Å²) in [6.07, 6.45) is 3.58. The first-order valence-corrected chi connectivity index (χ1v) is 12.5. The molecule has 1 aliphatic carbocycles. The Morgan fingerprint density at radius 1 is 1.17 bits per heavy atom. The number of halogens is 1. The van der Waals surface area contributed by atoms with E-state index in [4.69, 9.17) is 25.5 Å². The van der Waals surface area contributed by atoms with Gasteiger partial charge >= 0.3 is 0 Å². The van der Waals surface area contributed by atoms with Crippen molar-refractivity contribution in [3.05, 3.63) is 70.1 Å². The third kappa shape index (κ3) is 4.22. The average Bonchev–Trinajstić information content (AvgIpc) is 3.57. The standard InChI is InChI=1S/C28H28ClNO6/c1-15(2)35-20-10-6-7-16(12-20)24-23(26(32)28(33)30(24)19-8-4-5-9-19)25(31)21-13-17-11-18(29)14-22(34-3)27(17)36-21/h6-7,10-15,19,24,32H,4-5,8-9H2,1-3H3. The molecule has 1 N–H and O–H groups in total. The summed E-state index contributed by atoms with van der Waals surface area (Å²) in [4.78, 5) is 28.9. The van der Waals surface area contributed by atoms with Crippen LogP contribution in [0.4, 0.5) is 0 Å². The molecule has 1 amide bonds. The minimum Gasteiger partial charge on any atom is -0.503 e. The third-order valence-electron chi connectivity index (χ3n) is 6.74. The van der Waals surface area contributed by atoms with Crippen LogP contribution in [0.5, 0.6) is 11.5 Å². The molecule has 1 atom stereocenters. The van der Waals surface area contributed by atoms with Gasteiger partial charge in [-0.15, -0.1) is 0 Å². The first-order valence-electron chi connectivity index (χ1n) is 12.1. The van der Waals surface area contributed by atoms with Crippen LogP contribution in [0.1, 0.15) is 61.7 Å². The minimum absolute atomic E-state index is 0.00211. The smallest absolute Gasteiger partial charge is 0.290 e. The fourth-order valence-electron chi connectivity index (χ4n) is 5.25. The van der Waals surface area contributed by atoms with Crippen LogP contribution < -0.4 is 9.47 Å². The number of nitrogens with zero attached hydrogens (tertiary/aromatic N) is 1. The number of hydrogen-bond donors (Lipinski definition) is 1. The molecule has 36 heavy (non-hydrogen) atoms. The van der Waals surface area contributed by atoms with Crippen molar-refractivity contribution in [2.45, 2.75) is 57.7 Å². The number of benzene rings is 2. The van der Waals surface area contributed by atoms with Gasteiger partial charge in [0, 0.05) is 22.5 Å². The van der Waals surface area contributed by atoms with E-state index in [1.54, 1.807) is 23.1 Å². The highest BCUT2D eigenvalue weighted by atomic mass is 35.5. The molecule has 2 aromatic carbocycles. The fourth-order valence-corrected chi connectivity index (χ4v) is 5.47. The van der Waals surface area contributed by atoms with Crippen LogP contribution in [0, 0.1) is 0 Å². The van der Waals surface area contributed by atoms with Gasteiger partial charge in [-0.3, -0.25) is 9.59 Å². The van der Waals surface area contributed by atoms with Crippen molar-refractivity contribution in [2.24, 2.45) is 0 Å². The number of carbonyl (C=O) groups excluding carboxylic acids is 2. The molecule has 8 heteroatoms. The Hall–Kier alpha value is -3.45. The number of rotatable bonds is 7. The van der Waals surface area contributed by atoms with E-state index in [0.717, 1.165) is 25.7 Å². The summed E-state index contributed by atoms with van der Waals surface area (Å²) >= 11 is 6.19. The maximum absolute atomic E-state index is 13.9. The van der Waals surface area contributed by atoms with Crippen LogP contribution in [0.3, 0.4) is 0 Å². The number of carbonyl (C=O) groups is 2. The van der Waals surface area contributed by atoms with Crippen LogP contribution in [-0.2, 0) is 4.79 Å². The zero-order chi connectivity index (χ0) is 25.6. The molecule has 1 aliphatic heterocycles. The van der Waals surface area contributed by atoms with Gasteiger partial charge in [-0.2, -0.15) is 0 Å². The second-order valence-corrected chi connectivity index (χ2v) is 9.96. The number of fused-ring (bicyclic) bond motifs is 1. The predicted molar refractivity (Wildman–Crippen MR) is 136 cm³/mol. The van der Waals surface area contributed by atoms with E-state index in [0.29, 0.717) is 33.1 Å². The summed E-state index contributed by atoms with van der Waals surface area (Å²) in [5.74, 6) is -0.633. The van der Waals surface area contributed by atoms with Crippen molar-refractivity contribution >= 4 is 34.3 Å². The van der Waals surface area contributed by atoms with E-state index >= 15 is 0 Å². The highest BCUT2D eigenvalue weighted by Crippen LogP contribution is 2.44. The average molecular weight is 510 g/mol. The molecule has 2 aliphatic rings. The monoisotopic (exact) mass is 509 g/mol. The largest absolute Gasteiger partial charge is 0.503 e. The van der Waals surface area contributed by atoms with Gasteiger partial charge in [0.2, 0.25) is 5.78 Å². The van der Waals surface area contributed by atoms with Gasteiger partial charge in [-0.1, -0.05) is 36.6 Å². The van der Waals surface area contributed by atoms with Gasteiger partial charge in [0.15, 0.2) is 22.9 Å². The van der Waals surface area contributed by atoms with Crippen molar-refractivity contribution in [2.75, 3.05) is 7.11 Å². The second-order valence-electron chi connectivity index (χ2n) is 9.52. The van der Waals surface area contributed by atoms with Crippen molar-refractivity contribution in [3.8, 4) is 11.5 Å². The lowest BCUT2D eigenvalue weighted by atomic mass is 9.94. The van der Waals surface area contributed by atoms with Crippen molar-refractivity contribution in [1.82, 2.24) is 4.90 Å². The summed E-state index contributed by atoms with van der Waals surface area (Å²) in [5, 5.41) is 12.1. The molecule has 2 heterocycles. The number of ketones is 1. The van der Waals surface area contributed by atoms with E-state index in [2.05, 4.69) is 0 Å². The van der Waals surface area contributed by atoms with E-state index < -0.39 is 23.5 Å². The molecule has 1 unspecified atom stereocenters. The number of amides is 1. The van der Waals surface area contributed by atoms with Gasteiger partial charge in [-0.05, 0) is 56.5 Å². The first kappa shape index (κ1) is 24.3. The molecular formula is C28H28ClNO6. The first-order chi connectivity index (χ1) is 17.3. The van der Waals surface area contributed by atoms with Gasteiger partial charge in [0.1, 0.15) is 5.75 Å². The maximum atomic E-state index is 13.9. The normalized spacial score (nSPS) is 18.6. The van der Waals surface area contributed by atoms with Gasteiger partial charge in [-0.25, -0.2) is 0 Å². The molecule has 7 nitrogen and oxygen atoms in total. The van der Waals surface area contributed by atoms with E-state index in [1.807, 2.05) is 38.1 Å². The van der Waals surface area contributed by atoms with Crippen LogP contribution in [-0.4, -0.2) is 41.0 Å². The van der Waals surface area contributed by atoms with Gasteiger partial charge in [0.05, 0.1) is 24.8 Å². The molecule has 5 rings (SSSR count). The molecular weight excluding hydrogens is 482 g/mol. The van der Waals surface area contributed by atoms with Crippen molar-refractivity contribution in [1.29, 1.82) is 0 Å².